The van der Waals surface area contributed by atoms with Crippen molar-refractivity contribution in [3.63, 3.8) is 0 Å². The van der Waals surface area contributed by atoms with Crippen LogP contribution in [-0.4, -0.2) is 0 Å². The van der Waals surface area contributed by atoms with Gasteiger partial charge in [0.15, 0.2) is 0 Å². The molecule has 240 valence electrons. The predicted molar refractivity (Wildman–Crippen MR) is 215 cm³/mol. The summed E-state index contributed by atoms with van der Waals surface area (Å²) in [5.74, 6) is 1.83. The number of rotatable bonds is 4. The summed E-state index contributed by atoms with van der Waals surface area (Å²) in [6, 6.07) is 48.5. The molecule has 3 aromatic heterocycles. The van der Waals surface area contributed by atoms with Crippen LogP contribution in [0.4, 0.5) is 0 Å². The Kier molecular flexibility index (Phi) is 6.28. The van der Waals surface area contributed by atoms with Gasteiger partial charge in [-0.1, -0.05) is 103 Å². The highest BCUT2D eigenvalue weighted by Gasteiger charge is 2.25. The summed E-state index contributed by atoms with van der Waals surface area (Å²) in [5.41, 5.74) is 10.1. The molecule has 1 aliphatic rings. The molecule has 0 atom stereocenters. The van der Waals surface area contributed by atoms with Crippen molar-refractivity contribution in [3.8, 4) is 44.9 Å². The van der Waals surface area contributed by atoms with Gasteiger partial charge >= 0.3 is 0 Å². The van der Waals surface area contributed by atoms with Gasteiger partial charge in [0.25, 0.3) is 0 Å². The monoisotopic (exact) mass is 670 g/mol. The molecule has 51 heavy (non-hydrogen) atoms. The van der Waals surface area contributed by atoms with Gasteiger partial charge in [-0.25, -0.2) is 0 Å². The summed E-state index contributed by atoms with van der Waals surface area (Å²) in [4.78, 5) is 0. The SMILES string of the molecule is C1=Cc2c(c(-c3ccco3)c3ccccc3c2-c2cccc3sc4ccc(-c5c6ccccc6c(-c6ccco6)c6ccccc56)cc4c23)CC1. The van der Waals surface area contributed by atoms with Crippen molar-refractivity contribution in [2.45, 2.75) is 12.8 Å². The van der Waals surface area contributed by atoms with Gasteiger partial charge in [-0.05, 0) is 121 Å². The second kappa shape index (κ2) is 11.2. The zero-order valence-electron chi connectivity index (χ0n) is 27.7. The molecule has 0 radical (unpaired) electrons. The van der Waals surface area contributed by atoms with Crippen LogP contribution < -0.4 is 0 Å². The van der Waals surface area contributed by atoms with Crippen molar-refractivity contribution in [1.29, 1.82) is 0 Å². The van der Waals surface area contributed by atoms with Crippen LogP contribution >= 0.6 is 11.3 Å². The first-order valence-electron chi connectivity index (χ1n) is 17.5. The van der Waals surface area contributed by atoms with Gasteiger partial charge in [-0.2, -0.15) is 0 Å². The maximum atomic E-state index is 6.07. The second-order valence-corrected chi connectivity index (χ2v) is 14.5. The molecule has 0 N–H and O–H groups in total. The molecule has 0 unspecified atom stereocenters. The van der Waals surface area contributed by atoms with E-state index in [9.17, 15) is 0 Å². The molecule has 3 heteroatoms. The van der Waals surface area contributed by atoms with E-state index in [1.165, 1.54) is 91.4 Å². The maximum absolute atomic E-state index is 6.07. The molecular weight excluding hydrogens is 641 g/mol. The first-order chi connectivity index (χ1) is 25.3. The fraction of sp³-hybridized carbons (Fsp3) is 0.0417. The predicted octanol–water partition coefficient (Wildman–Crippen LogP) is 14.3. The highest BCUT2D eigenvalue weighted by molar-refractivity contribution is 7.26. The zero-order valence-corrected chi connectivity index (χ0v) is 28.5. The van der Waals surface area contributed by atoms with Crippen LogP contribution in [0.5, 0.6) is 0 Å². The van der Waals surface area contributed by atoms with E-state index in [0.29, 0.717) is 0 Å². The Hall–Kier alpha value is -6.16. The molecule has 0 amide bonds. The van der Waals surface area contributed by atoms with Crippen LogP contribution in [0.15, 0.2) is 161 Å². The van der Waals surface area contributed by atoms with Gasteiger partial charge < -0.3 is 8.83 Å². The van der Waals surface area contributed by atoms with Gasteiger partial charge in [0.1, 0.15) is 11.5 Å². The van der Waals surface area contributed by atoms with Gasteiger partial charge in [-0.3, -0.25) is 0 Å². The standard InChI is InChI=1S/C48H30O2S/c1-5-16-34-30(12-1)44(31-13-2-6-17-35(31)46(34)40-21-10-26-49-40)29-24-25-42-39(28-29)48-38(20-9-23-43(48)51-42)45-32-14-3-7-18-36(32)47(41-22-11-27-50-41)37-19-8-4-15-33(37)45/h1-7,9-18,20-28H,8,19H2. The summed E-state index contributed by atoms with van der Waals surface area (Å²) in [6.07, 6.45) is 10.2. The number of hydrogen-bond acceptors (Lipinski definition) is 3. The van der Waals surface area contributed by atoms with E-state index in [0.717, 1.165) is 29.9 Å². The van der Waals surface area contributed by atoms with Crippen LogP contribution in [0.1, 0.15) is 17.5 Å². The molecular formula is C48H30O2S. The molecule has 1 aliphatic carbocycles. The molecule has 2 nitrogen and oxygen atoms in total. The second-order valence-electron chi connectivity index (χ2n) is 13.4. The lowest BCUT2D eigenvalue weighted by Crippen LogP contribution is -2.02. The van der Waals surface area contributed by atoms with Crippen LogP contribution in [0, 0.1) is 0 Å². The van der Waals surface area contributed by atoms with Gasteiger partial charge in [0, 0.05) is 31.3 Å². The first kappa shape index (κ1) is 28.7. The smallest absolute Gasteiger partial charge is 0.135 e. The highest BCUT2D eigenvalue weighted by atomic mass is 32.1. The van der Waals surface area contributed by atoms with Gasteiger partial charge in [0.05, 0.1) is 12.5 Å². The van der Waals surface area contributed by atoms with Crippen molar-refractivity contribution >= 4 is 69.9 Å². The lowest BCUT2D eigenvalue weighted by molar-refractivity contribution is 0.582. The molecule has 0 fully saturated rings. The molecule has 0 aliphatic heterocycles. The number of thiophene rings is 1. The van der Waals surface area contributed by atoms with Crippen molar-refractivity contribution < 1.29 is 8.83 Å². The Labute approximate surface area is 298 Å². The summed E-state index contributed by atoms with van der Waals surface area (Å²) in [6.45, 7) is 0. The topological polar surface area (TPSA) is 26.3 Å². The molecule has 11 rings (SSSR count). The average Bonchev–Trinajstić information content (AvgIpc) is 3.98. The lowest BCUT2D eigenvalue weighted by Gasteiger charge is -2.23. The van der Waals surface area contributed by atoms with E-state index >= 15 is 0 Å². The normalized spacial score (nSPS) is 12.9. The number of fused-ring (bicyclic) bond motifs is 7. The van der Waals surface area contributed by atoms with Gasteiger partial charge in [0.2, 0.25) is 0 Å². The Balaban J connectivity index is 1.23. The largest absolute Gasteiger partial charge is 0.464 e. The van der Waals surface area contributed by atoms with E-state index in [-0.39, 0.29) is 0 Å². The summed E-state index contributed by atoms with van der Waals surface area (Å²) in [5, 5.41) is 9.93. The van der Waals surface area contributed by atoms with Crippen molar-refractivity contribution in [2.75, 3.05) is 0 Å². The summed E-state index contributed by atoms with van der Waals surface area (Å²) < 4.78 is 14.7. The van der Waals surface area contributed by atoms with Crippen molar-refractivity contribution in [2.24, 2.45) is 0 Å². The van der Waals surface area contributed by atoms with Crippen LogP contribution in [0.3, 0.4) is 0 Å². The molecule has 3 heterocycles. The zero-order chi connectivity index (χ0) is 33.5. The molecule has 10 aromatic rings. The number of furan rings is 2. The fourth-order valence-electron chi connectivity index (χ4n) is 8.69. The first-order valence-corrected chi connectivity index (χ1v) is 18.4. The molecule has 7 aromatic carbocycles. The number of allylic oxidation sites excluding steroid dienone is 1. The van der Waals surface area contributed by atoms with Crippen LogP contribution in [0.25, 0.3) is 103 Å². The Bertz CT molecular complexity index is 2950. The minimum atomic E-state index is 0.889. The number of benzene rings is 7. The van der Waals surface area contributed by atoms with Crippen LogP contribution in [0.2, 0.25) is 0 Å². The van der Waals surface area contributed by atoms with E-state index in [1.807, 2.05) is 23.5 Å². The Morgan fingerprint density at radius 1 is 0.471 bits per heavy atom. The highest BCUT2D eigenvalue weighted by Crippen LogP contribution is 2.50. The number of hydrogen-bond donors (Lipinski definition) is 0. The average molecular weight is 671 g/mol. The molecule has 0 saturated heterocycles. The minimum absolute atomic E-state index is 0.889. The Morgan fingerprint density at radius 3 is 1.73 bits per heavy atom. The third-order valence-corrected chi connectivity index (χ3v) is 11.9. The minimum Gasteiger partial charge on any atom is -0.464 e. The van der Waals surface area contributed by atoms with Gasteiger partial charge in [-0.15, -0.1) is 11.3 Å². The quantitative estimate of drug-likeness (QED) is 0.174. The van der Waals surface area contributed by atoms with E-state index < -0.39 is 0 Å². The van der Waals surface area contributed by atoms with Crippen molar-refractivity contribution in [3.05, 3.63) is 163 Å². The fourth-order valence-corrected chi connectivity index (χ4v) is 9.81. The third-order valence-electron chi connectivity index (χ3n) is 10.7. The summed E-state index contributed by atoms with van der Waals surface area (Å²) >= 11 is 1.88. The van der Waals surface area contributed by atoms with E-state index in [2.05, 4.69) is 133 Å². The maximum Gasteiger partial charge on any atom is 0.135 e. The summed E-state index contributed by atoms with van der Waals surface area (Å²) in [7, 11) is 0. The third kappa shape index (κ3) is 4.22. The molecule has 0 spiro atoms. The lowest BCUT2D eigenvalue weighted by atomic mass is 9.80. The molecule has 0 saturated carbocycles. The van der Waals surface area contributed by atoms with Crippen molar-refractivity contribution in [1.82, 2.24) is 0 Å². The van der Waals surface area contributed by atoms with E-state index in [1.54, 1.807) is 12.5 Å². The van der Waals surface area contributed by atoms with E-state index in [4.69, 9.17) is 8.83 Å². The Morgan fingerprint density at radius 2 is 1.08 bits per heavy atom. The van der Waals surface area contributed by atoms with Crippen LogP contribution in [-0.2, 0) is 6.42 Å². The molecule has 0 bridgehead atoms.